The molecule has 2 amide bonds. The highest BCUT2D eigenvalue weighted by molar-refractivity contribution is 7.99. The summed E-state index contributed by atoms with van der Waals surface area (Å²) in [6, 6.07) is 13.9. The fourth-order valence-electron chi connectivity index (χ4n) is 2.60. The molecular weight excluding hydrogens is 417 g/mol. The van der Waals surface area contributed by atoms with Crippen molar-refractivity contribution in [2.45, 2.75) is 12.7 Å². The Bertz CT molecular complexity index is 1010. The summed E-state index contributed by atoms with van der Waals surface area (Å²) in [5, 5.41) is 3.85. The normalized spacial score (nSPS) is 10.6. The van der Waals surface area contributed by atoms with Crippen molar-refractivity contribution in [2.75, 3.05) is 5.75 Å². The van der Waals surface area contributed by atoms with Gasteiger partial charge in [0.05, 0.1) is 16.3 Å². The molecule has 0 spiro atoms. The maximum Gasteiger partial charge on any atom is 0.275 e. The Kier molecular flexibility index (Phi) is 6.90. The van der Waals surface area contributed by atoms with Crippen LogP contribution in [0.1, 0.15) is 21.7 Å². The second-order valence-corrected chi connectivity index (χ2v) is 7.43. The largest absolute Gasteiger partial charge is 0.360 e. The van der Waals surface area contributed by atoms with E-state index in [1.165, 1.54) is 36.9 Å². The number of aromatic nitrogens is 1. The van der Waals surface area contributed by atoms with Crippen molar-refractivity contribution in [3.63, 3.8) is 0 Å². The van der Waals surface area contributed by atoms with E-state index in [-0.39, 0.29) is 39.3 Å². The second-order valence-electron chi connectivity index (χ2n) is 6.04. The zero-order valence-electron chi connectivity index (χ0n) is 15.4. The number of amides is 2. The smallest absolute Gasteiger partial charge is 0.275 e. The number of halogens is 2. The maximum absolute atomic E-state index is 14.2. The Hall–Kier alpha value is -2.84. The van der Waals surface area contributed by atoms with Gasteiger partial charge in [0.25, 0.3) is 5.91 Å². The number of hydrazine groups is 1. The first-order valence-corrected chi connectivity index (χ1v) is 10.1. The lowest BCUT2D eigenvalue weighted by molar-refractivity contribution is -0.119. The van der Waals surface area contributed by atoms with Gasteiger partial charge in [-0.3, -0.25) is 20.4 Å². The summed E-state index contributed by atoms with van der Waals surface area (Å²) in [6.45, 7) is 1.51. The molecule has 1 aromatic heterocycles. The third kappa shape index (κ3) is 5.16. The predicted molar refractivity (Wildman–Crippen MR) is 110 cm³/mol. The van der Waals surface area contributed by atoms with Crippen LogP contribution in [0.2, 0.25) is 5.02 Å². The van der Waals surface area contributed by atoms with Crippen LogP contribution >= 0.6 is 23.4 Å². The number of benzene rings is 2. The molecule has 0 fully saturated rings. The van der Waals surface area contributed by atoms with E-state index in [1.807, 2.05) is 30.3 Å². The number of nitrogens with zero attached hydrogens (tertiary/aromatic N) is 1. The van der Waals surface area contributed by atoms with Gasteiger partial charge in [-0.1, -0.05) is 53.2 Å². The monoisotopic (exact) mass is 433 g/mol. The molecule has 9 heteroatoms. The van der Waals surface area contributed by atoms with Crippen molar-refractivity contribution in [1.29, 1.82) is 0 Å². The van der Waals surface area contributed by atoms with Crippen molar-refractivity contribution in [3.05, 3.63) is 76.3 Å². The highest BCUT2D eigenvalue weighted by Gasteiger charge is 2.25. The fourth-order valence-corrected chi connectivity index (χ4v) is 3.64. The lowest BCUT2D eigenvalue weighted by atomic mass is 10.1. The number of hydrogen-bond acceptors (Lipinski definition) is 5. The molecule has 6 nitrogen and oxygen atoms in total. The molecule has 150 valence electrons. The summed E-state index contributed by atoms with van der Waals surface area (Å²) in [5.41, 5.74) is 5.66. The lowest BCUT2D eigenvalue weighted by Gasteiger charge is -2.09. The first-order valence-electron chi connectivity index (χ1n) is 8.59. The molecule has 2 N–H and O–H groups in total. The fraction of sp³-hybridized carbons (Fsp3) is 0.150. The standard InChI is InChI=1S/C20H17ClFN3O3S/c1-12-17(19(25-28-12)18-14(21)8-5-9-15(18)22)20(27)24-23-16(26)11-29-10-13-6-3-2-4-7-13/h2-9H,10-11H2,1H3,(H,23,26)(H,24,27). The molecular formula is C20H17ClFN3O3S. The van der Waals surface area contributed by atoms with Crippen molar-refractivity contribution < 1.29 is 18.5 Å². The van der Waals surface area contributed by atoms with Crippen LogP contribution in [0.5, 0.6) is 0 Å². The minimum absolute atomic E-state index is 0.00533. The lowest BCUT2D eigenvalue weighted by Crippen LogP contribution is -2.42. The van der Waals surface area contributed by atoms with Crippen LogP contribution in [0.15, 0.2) is 53.1 Å². The summed E-state index contributed by atoms with van der Waals surface area (Å²) in [4.78, 5) is 24.5. The number of aryl methyl sites for hydroxylation is 1. The number of nitrogens with one attached hydrogen (secondary N) is 2. The molecule has 0 radical (unpaired) electrons. The quantitative estimate of drug-likeness (QED) is 0.571. The van der Waals surface area contributed by atoms with E-state index in [0.29, 0.717) is 5.75 Å². The van der Waals surface area contributed by atoms with Gasteiger partial charge in [0, 0.05) is 5.75 Å². The third-order valence-electron chi connectivity index (χ3n) is 3.95. The molecule has 0 unspecified atom stereocenters. The van der Waals surface area contributed by atoms with Crippen molar-refractivity contribution >= 4 is 35.2 Å². The molecule has 3 aromatic rings. The van der Waals surface area contributed by atoms with Crippen molar-refractivity contribution in [1.82, 2.24) is 16.0 Å². The molecule has 3 rings (SSSR count). The highest BCUT2D eigenvalue weighted by Crippen LogP contribution is 2.33. The molecule has 2 aromatic carbocycles. The van der Waals surface area contributed by atoms with Gasteiger partial charge in [-0.05, 0) is 24.6 Å². The van der Waals surface area contributed by atoms with Gasteiger partial charge in [-0.2, -0.15) is 0 Å². The first-order chi connectivity index (χ1) is 14.0. The van der Waals surface area contributed by atoms with Crippen LogP contribution in [-0.4, -0.2) is 22.7 Å². The Labute approximate surface area is 175 Å². The molecule has 29 heavy (non-hydrogen) atoms. The summed E-state index contributed by atoms with van der Waals surface area (Å²) < 4.78 is 19.3. The number of thioether (sulfide) groups is 1. The Morgan fingerprint density at radius 1 is 1.14 bits per heavy atom. The topological polar surface area (TPSA) is 84.2 Å². The molecule has 0 saturated carbocycles. The highest BCUT2D eigenvalue weighted by atomic mass is 35.5. The number of hydrogen-bond donors (Lipinski definition) is 2. The van der Waals surface area contributed by atoms with Crippen molar-refractivity contribution in [2.24, 2.45) is 0 Å². The Morgan fingerprint density at radius 2 is 1.90 bits per heavy atom. The first kappa shape index (κ1) is 20.9. The van der Waals surface area contributed by atoms with E-state index in [0.717, 1.165) is 5.56 Å². The van der Waals surface area contributed by atoms with E-state index in [4.69, 9.17) is 16.1 Å². The SMILES string of the molecule is Cc1onc(-c2c(F)cccc2Cl)c1C(=O)NNC(=O)CSCc1ccccc1. The maximum atomic E-state index is 14.2. The number of carbonyl (C=O) groups excluding carboxylic acids is 2. The van der Waals surface area contributed by atoms with Crippen LogP contribution in [0.3, 0.4) is 0 Å². The van der Waals surface area contributed by atoms with E-state index in [1.54, 1.807) is 0 Å². The van der Waals surface area contributed by atoms with Crippen LogP contribution in [0.25, 0.3) is 11.3 Å². The third-order valence-corrected chi connectivity index (χ3v) is 5.27. The van der Waals surface area contributed by atoms with Crippen LogP contribution in [0.4, 0.5) is 4.39 Å². The van der Waals surface area contributed by atoms with Gasteiger partial charge in [0.1, 0.15) is 22.8 Å². The second kappa shape index (κ2) is 9.58. The Balaban J connectivity index is 1.61. The van der Waals surface area contributed by atoms with Gasteiger partial charge in [0.15, 0.2) is 0 Å². The molecule has 0 atom stereocenters. The van der Waals surface area contributed by atoms with Crippen LogP contribution < -0.4 is 10.9 Å². The summed E-state index contributed by atoms with van der Waals surface area (Å²) in [7, 11) is 0. The van der Waals surface area contributed by atoms with E-state index in [9.17, 15) is 14.0 Å². The van der Waals surface area contributed by atoms with E-state index in [2.05, 4.69) is 16.0 Å². The molecule has 0 aliphatic heterocycles. The Morgan fingerprint density at radius 3 is 2.62 bits per heavy atom. The van der Waals surface area contributed by atoms with Gasteiger partial charge >= 0.3 is 0 Å². The zero-order valence-corrected chi connectivity index (χ0v) is 16.9. The zero-order chi connectivity index (χ0) is 20.8. The minimum Gasteiger partial charge on any atom is -0.360 e. The van der Waals surface area contributed by atoms with E-state index >= 15 is 0 Å². The average Bonchev–Trinajstić information content (AvgIpc) is 3.08. The molecule has 0 saturated heterocycles. The van der Waals surface area contributed by atoms with Gasteiger partial charge in [0.2, 0.25) is 5.91 Å². The van der Waals surface area contributed by atoms with E-state index < -0.39 is 11.7 Å². The van der Waals surface area contributed by atoms with Crippen molar-refractivity contribution in [3.8, 4) is 11.3 Å². The van der Waals surface area contributed by atoms with Crippen LogP contribution in [-0.2, 0) is 10.5 Å². The molecule has 0 bridgehead atoms. The minimum atomic E-state index is -0.681. The summed E-state index contributed by atoms with van der Waals surface area (Å²) in [5.74, 6) is -0.698. The van der Waals surface area contributed by atoms with Crippen LogP contribution in [0, 0.1) is 12.7 Å². The molecule has 1 heterocycles. The average molecular weight is 434 g/mol. The molecule has 0 aliphatic rings. The van der Waals surface area contributed by atoms with Gasteiger partial charge < -0.3 is 4.52 Å². The summed E-state index contributed by atoms with van der Waals surface area (Å²) in [6.07, 6.45) is 0. The number of carbonyl (C=O) groups is 2. The summed E-state index contributed by atoms with van der Waals surface area (Å²) >= 11 is 7.47. The van der Waals surface area contributed by atoms with Gasteiger partial charge in [-0.15, -0.1) is 11.8 Å². The predicted octanol–water partition coefficient (Wildman–Crippen LogP) is 4.14. The van der Waals surface area contributed by atoms with Gasteiger partial charge in [-0.25, -0.2) is 4.39 Å². The molecule has 0 aliphatic carbocycles. The number of rotatable bonds is 6.